The summed E-state index contributed by atoms with van der Waals surface area (Å²) >= 11 is 1.28. The van der Waals surface area contributed by atoms with Crippen molar-refractivity contribution in [1.29, 1.82) is 0 Å². The zero-order valence-electron chi connectivity index (χ0n) is 16.5. The van der Waals surface area contributed by atoms with E-state index in [0.717, 1.165) is 0 Å². The van der Waals surface area contributed by atoms with Crippen LogP contribution in [-0.4, -0.2) is 55.8 Å². The second kappa shape index (κ2) is 7.91. The van der Waals surface area contributed by atoms with E-state index in [1.54, 1.807) is 25.1 Å². The molecular formula is C18H22N6O4S2. The number of aromatic amines is 2. The van der Waals surface area contributed by atoms with Gasteiger partial charge in [0.05, 0.1) is 27.8 Å². The van der Waals surface area contributed by atoms with Gasteiger partial charge in [0.25, 0.3) is 0 Å². The van der Waals surface area contributed by atoms with Gasteiger partial charge in [0.15, 0.2) is 15.0 Å². The second-order valence-corrected chi connectivity index (χ2v) is 11.1. The van der Waals surface area contributed by atoms with Crippen molar-refractivity contribution in [1.82, 2.24) is 24.7 Å². The fraction of sp³-hybridized carbons (Fsp3) is 0.444. The molecule has 160 valence electrons. The molecule has 1 saturated heterocycles. The molecule has 0 bridgehead atoms. The van der Waals surface area contributed by atoms with Crippen LogP contribution in [0.5, 0.6) is 0 Å². The number of carbonyl (C=O) groups is 1. The van der Waals surface area contributed by atoms with Gasteiger partial charge >= 0.3 is 5.69 Å². The molecule has 0 aliphatic carbocycles. The molecular weight excluding hydrogens is 428 g/mol. The first kappa shape index (κ1) is 20.7. The number of hydrogen-bond donors (Lipinski definition) is 3. The maximum atomic E-state index is 12.6. The molecule has 0 unspecified atom stereocenters. The van der Waals surface area contributed by atoms with E-state index in [2.05, 4.69) is 25.5 Å². The molecule has 10 nitrogen and oxygen atoms in total. The van der Waals surface area contributed by atoms with E-state index in [1.807, 2.05) is 11.6 Å². The Kier molecular flexibility index (Phi) is 5.45. The number of carbonyl (C=O) groups excluding carboxylic acids is 1. The smallest absolute Gasteiger partial charge is 0.323 e. The molecule has 30 heavy (non-hydrogen) atoms. The number of nitrogens with one attached hydrogen (secondary N) is 3. The topological polar surface area (TPSA) is 143 Å². The van der Waals surface area contributed by atoms with Crippen LogP contribution >= 0.6 is 11.8 Å². The van der Waals surface area contributed by atoms with Gasteiger partial charge in [0.1, 0.15) is 5.82 Å². The van der Waals surface area contributed by atoms with Gasteiger partial charge in [0.2, 0.25) is 5.91 Å². The van der Waals surface area contributed by atoms with Crippen molar-refractivity contribution in [2.75, 3.05) is 16.8 Å². The molecule has 2 aromatic heterocycles. The lowest BCUT2D eigenvalue weighted by Gasteiger charge is -2.12. The Morgan fingerprint density at radius 2 is 2.10 bits per heavy atom. The number of amides is 1. The van der Waals surface area contributed by atoms with E-state index in [1.165, 1.54) is 11.8 Å². The summed E-state index contributed by atoms with van der Waals surface area (Å²) in [7, 11) is -1.11. The molecule has 1 fully saturated rings. The van der Waals surface area contributed by atoms with Crippen molar-refractivity contribution in [3.63, 3.8) is 0 Å². The Labute approximate surface area is 176 Å². The Hall–Kier alpha value is -2.60. The van der Waals surface area contributed by atoms with E-state index in [9.17, 15) is 18.0 Å². The van der Waals surface area contributed by atoms with Crippen LogP contribution in [0.2, 0.25) is 0 Å². The predicted molar refractivity (Wildman–Crippen MR) is 114 cm³/mol. The minimum absolute atomic E-state index is 0.0614. The van der Waals surface area contributed by atoms with E-state index in [0.29, 0.717) is 40.5 Å². The quantitative estimate of drug-likeness (QED) is 0.477. The normalized spacial score (nSPS) is 19.2. The minimum atomic E-state index is -2.93. The fourth-order valence-electron chi connectivity index (χ4n) is 3.48. The predicted octanol–water partition coefficient (Wildman–Crippen LogP) is 1.08. The van der Waals surface area contributed by atoms with Gasteiger partial charge in [-0.1, -0.05) is 11.8 Å². The standard InChI is InChI=1S/C18H22N6O4S2/c1-10(16(25)19-12-3-4-13-14(8-12)21-17(26)20-13)29-18-23-22-15(24(18)2)7-11-5-6-30(27,28)9-11/h3-4,8,10-11H,5-7,9H2,1-2H3,(H,19,25)(H2,20,21,26)/t10-,11-/m0/s1. The van der Waals surface area contributed by atoms with Crippen molar-refractivity contribution >= 4 is 44.2 Å². The van der Waals surface area contributed by atoms with Crippen LogP contribution in [0.3, 0.4) is 0 Å². The largest absolute Gasteiger partial charge is 0.325 e. The van der Waals surface area contributed by atoms with Gasteiger partial charge in [-0.15, -0.1) is 10.2 Å². The third-order valence-corrected chi connectivity index (χ3v) is 8.13. The lowest BCUT2D eigenvalue weighted by atomic mass is 10.1. The third-order valence-electron chi connectivity index (χ3n) is 5.16. The number of anilines is 1. The number of rotatable bonds is 6. The summed E-state index contributed by atoms with van der Waals surface area (Å²) in [6, 6.07) is 5.13. The molecule has 3 heterocycles. The number of H-pyrrole nitrogens is 2. The number of sulfone groups is 1. The van der Waals surface area contributed by atoms with Crippen molar-refractivity contribution in [2.45, 2.75) is 30.2 Å². The molecule has 3 N–H and O–H groups in total. The first-order valence-electron chi connectivity index (χ1n) is 9.48. The van der Waals surface area contributed by atoms with Crippen LogP contribution < -0.4 is 11.0 Å². The van der Waals surface area contributed by atoms with Gasteiger partial charge in [-0.05, 0) is 37.5 Å². The summed E-state index contributed by atoms with van der Waals surface area (Å²) in [4.78, 5) is 29.3. The van der Waals surface area contributed by atoms with E-state index in [-0.39, 0.29) is 29.0 Å². The number of aromatic nitrogens is 5. The molecule has 1 aliphatic rings. The van der Waals surface area contributed by atoms with Crippen molar-refractivity contribution in [3.05, 3.63) is 34.5 Å². The van der Waals surface area contributed by atoms with Crippen LogP contribution in [0, 0.1) is 5.92 Å². The average molecular weight is 451 g/mol. The van der Waals surface area contributed by atoms with Gasteiger partial charge in [-0.25, -0.2) is 13.2 Å². The number of hydrogen-bond acceptors (Lipinski definition) is 7. The van der Waals surface area contributed by atoms with E-state index in [4.69, 9.17) is 0 Å². The van der Waals surface area contributed by atoms with Gasteiger partial charge < -0.3 is 19.9 Å². The zero-order valence-corrected chi connectivity index (χ0v) is 18.1. The first-order valence-corrected chi connectivity index (χ1v) is 12.2. The van der Waals surface area contributed by atoms with E-state index >= 15 is 0 Å². The van der Waals surface area contributed by atoms with Crippen LogP contribution in [0.15, 0.2) is 28.2 Å². The summed E-state index contributed by atoms with van der Waals surface area (Å²) in [6.07, 6.45) is 1.20. The second-order valence-electron chi connectivity index (χ2n) is 7.52. The Balaban J connectivity index is 1.39. The highest BCUT2D eigenvalue weighted by molar-refractivity contribution is 8.00. The zero-order chi connectivity index (χ0) is 21.5. The van der Waals surface area contributed by atoms with Crippen LogP contribution in [0.1, 0.15) is 19.2 Å². The van der Waals surface area contributed by atoms with Crippen molar-refractivity contribution < 1.29 is 13.2 Å². The van der Waals surface area contributed by atoms with Gasteiger partial charge in [-0.3, -0.25) is 4.79 Å². The summed E-state index contributed by atoms with van der Waals surface area (Å²) in [5.74, 6) is 0.998. The molecule has 0 saturated carbocycles. The molecule has 1 aromatic carbocycles. The number of thioether (sulfide) groups is 1. The number of nitrogens with zero attached hydrogens (tertiary/aromatic N) is 3. The molecule has 1 amide bonds. The highest BCUT2D eigenvalue weighted by atomic mass is 32.2. The summed E-state index contributed by atoms with van der Waals surface area (Å²) in [5, 5.41) is 11.4. The molecule has 1 aliphatic heterocycles. The van der Waals surface area contributed by atoms with Gasteiger partial charge in [0, 0.05) is 19.2 Å². The third kappa shape index (κ3) is 4.43. The van der Waals surface area contributed by atoms with Gasteiger partial charge in [-0.2, -0.15) is 0 Å². The summed E-state index contributed by atoms with van der Waals surface area (Å²) in [6.45, 7) is 1.77. The molecule has 0 spiro atoms. The van der Waals surface area contributed by atoms with Crippen molar-refractivity contribution in [2.24, 2.45) is 13.0 Å². The van der Waals surface area contributed by atoms with E-state index < -0.39 is 15.1 Å². The maximum absolute atomic E-state index is 12.6. The van der Waals surface area contributed by atoms with Crippen LogP contribution in [0.4, 0.5) is 5.69 Å². The lowest BCUT2D eigenvalue weighted by molar-refractivity contribution is -0.115. The average Bonchev–Trinajstić information content (AvgIpc) is 3.32. The molecule has 2 atom stereocenters. The number of fused-ring (bicyclic) bond motifs is 1. The Morgan fingerprint density at radius 1 is 1.33 bits per heavy atom. The highest BCUT2D eigenvalue weighted by Gasteiger charge is 2.29. The first-order chi connectivity index (χ1) is 14.2. The Morgan fingerprint density at radius 3 is 2.83 bits per heavy atom. The molecule has 0 radical (unpaired) electrons. The van der Waals surface area contributed by atoms with Crippen LogP contribution in [-0.2, 0) is 28.1 Å². The molecule has 4 rings (SSSR count). The highest BCUT2D eigenvalue weighted by Crippen LogP contribution is 2.26. The minimum Gasteiger partial charge on any atom is -0.325 e. The van der Waals surface area contributed by atoms with Crippen molar-refractivity contribution in [3.8, 4) is 0 Å². The van der Waals surface area contributed by atoms with Crippen LogP contribution in [0.25, 0.3) is 11.0 Å². The number of imidazole rings is 1. The summed E-state index contributed by atoms with van der Waals surface area (Å²) in [5.41, 5.74) is 1.56. The molecule has 12 heteroatoms. The maximum Gasteiger partial charge on any atom is 0.323 e. The fourth-order valence-corrected chi connectivity index (χ4v) is 6.18. The number of benzene rings is 1. The lowest BCUT2D eigenvalue weighted by Crippen LogP contribution is -2.22. The monoisotopic (exact) mass is 450 g/mol. The Bertz CT molecular complexity index is 1260. The SMILES string of the molecule is C[C@H](Sc1nnc(C[C@@H]2CCS(=O)(=O)C2)n1C)C(=O)Nc1ccc2[nH]c(=O)[nH]c2c1. The molecule has 3 aromatic rings. The summed E-state index contributed by atoms with van der Waals surface area (Å²) < 4.78 is 25.1.